The normalized spacial score (nSPS) is 20.2. The van der Waals surface area contributed by atoms with Gasteiger partial charge in [0, 0.05) is 10.9 Å². The van der Waals surface area contributed by atoms with Crippen LogP contribution in [-0.4, -0.2) is 19.0 Å². The lowest BCUT2D eigenvalue weighted by atomic mass is 10.0. The monoisotopic (exact) mass is 324 g/mol. The van der Waals surface area contributed by atoms with Crippen molar-refractivity contribution in [1.29, 1.82) is 0 Å². The molecule has 0 spiro atoms. The van der Waals surface area contributed by atoms with Crippen molar-refractivity contribution in [1.82, 2.24) is 10.6 Å². The summed E-state index contributed by atoms with van der Waals surface area (Å²) in [7, 11) is 0. The minimum absolute atomic E-state index is 0.0716. The molecule has 1 aliphatic rings. The van der Waals surface area contributed by atoms with Crippen LogP contribution < -0.4 is 10.6 Å². The number of benzene rings is 1. The summed E-state index contributed by atoms with van der Waals surface area (Å²) >= 11 is 3.41. The molecule has 2 atom stereocenters. The van der Waals surface area contributed by atoms with E-state index in [4.69, 9.17) is 0 Å². The highest BCUT2D eigenvalue weighted by Gasteiger charge is 2.16. The summed E-state index contributed by atoms with van der Waals surface area (Å²) < 4.78 is 1.06. The van der Waals surface area contributed by atoms with Gasteiger partial charge >= 0.3 is 0 Å². The van der Waals surface area contributed by atoms with Crippen molar-refractivity contribution in [3.05, 3.63) is 34.3 Å². The van der Waals surface area contributed by atoms with Crippen LogP contribution in [-0.2, 0) is 4.79 Å². The van der Waals surface area contributed by atoms with Crippen molar-refractivity contribution in [3.8, 4) is 0 Å². The predicted octanol–water partition coefficient (Wildman–Crippen LogP) is 3.02. The molecule has 1 unspecified atom stereocenters. The summed E-state index contributed by atoms with van der Waals surface area (Å²) in [6, 6.07) is 8.15. The van der Waals surface area contributed by atoms with Crippen LogP contribution in [0.25, 0.3) is 0 Å². The summed E-state index contributed by atoms with van der Waals surface area (Å²) in [4.78, 5) is 11.9. The fourth-order valence-corrected chi connectivity index (χ4v) is 2.71. The third-order valence-corrected chi connectivity index (χ3v) is 4.22. The minimum Gasteiger partial charge on any atom is -0.350 e. The van der Waals surface area contributed by atoms with Gasteiger partial charge in [0.05, 0.1) is 6.04 Å². The Kier molecular flexibility index (Phi) is 5.40. The molecule has 0 radical (unpaired) electrons. The Morgan fingerprint density at radius 2 is 2.21 bits per heavy atom. The van der Waals surface area contributed by atoms with Crippen molar-refractivity contribution in [2.75, 3.05) is 13.1 Å². The average Bonchev–Trinajstić information content (AvgIpc) is 2.90. The summed E-state index contributed by atoms with van der Waals surface area (Å²) in [6.45, 7) is 4.19. The van der Waals surface area contributed by atoms with E-state index in [9.17, 15) is 4.79 Å². The van der Waals surface area contributed by atoms with Crippen LogP contribution >= 0.6 is 15.9 Å². The maximum Gasteiger partial charge on any atom is 0.220 e. The van der Waals surface area contributed by atoms with E-state index in [1.165, 1.54) is 6.42 Å². The molecule has 1 amide bonds. The third kappa shape index (κ3) is 4.62. The van der Waals surface area contributed by atoms with Crippen LogP contribution in [0.1, 0.15) is 37.8 Å². The van der Waals surface area contributed by atoms with Crippen LogP contribution in [0.15, 0.2) is 28.7 Å². The van der Waals surface area contributed by atoms with Crippen molar-refractivity contribution < 1.29 is 4.79 Å². The Morgan fingerprint density at radius 3 is 2.84 bits per heavy atom. The summed E-state index contributed by atoms with van der Waals surface area (Å²) in [5.74, 6) is 0.830. The second-order valence-electron chi connectivity index (χ2n) is 5.24. The molecule has 2 rings (SSSR count). The zero-order valence-corrected chi connectivity index (χ0v) is 12.9. The maximum absolute atomic E-state index is 11.9. The SMILES string of the molecule is C[C@@H](NC(=O)CCC1CCNC1)c1ccc(Br)cc1. The van der Waals surface area contributed by atoms with Gasteiger partial charge < -0.3 is 10.6 Å². The zero-order valence-electron chi connectivity index (χ0n) is 11.3. The van der Waals surface area contributed by atoms with Crippen molar-refractivity contribution in [2.24, 2.45) is 5.92 Å². The molecule has 1 fully saturated rings. The zero-order chi connectivity index (χ0) is 13.7. The highest BCUT2D eigenvalue weighted by molar-refractivity contribution is 9.10. The van der Waals surface area contributed by atoms with E-state index in [-0.39, 0.29) is 11.9 Å². The quantitative estimate of drug-likeness (QED) is 0.874. The molecule has 0 saturated carbocycles. The number of hydrogen-bond donors (Lipinski definition) is 2. The van der Waals surface area contributed by atoms with Gasteiger partial charge in [0.2, 0.25) is 5.91 Å². The predicted molar refractivity (Wildman–Crippen MR) is 80.9 cm³/mol. The lowest BCUT2D eigenvalue weighted by Crippen LogP contribution is -2.27. The van der Waals surface area contributed by atoms with Gasteiger partial charge in [-0.05, 0) is 56.5 Å². The smallest absolute Gasteiger partial charge is 0.220 e. The molecule has 1 aromatic rings. The third-order valence-electron chi connectivity index (χ3n) is 3.69. The van der Waals surface area contributed by atoms with E-state index in [1.807, 2.05) is 31.2 Å². The van der Waals surface area contributed by atoms with Crippen LogP contribution in [0.2, 0.25) is 0 Å². The average molecular weight is 325 g/mol. The van der Waals surface area contributed by atoms with E-state index in [0.29, 0.717) is 12.3 Å². The first kappa shape index (κ1) is 14.5. The molecule has 1 aliphatic heterocycles. The molecule has 2 N–H and O–H groups in total. The molecule has 3 nitrogen and oxygen atoms in total. The Balaban J connectivity index is 1.76. The Morgan fingerprint density at radius 1 is 1.47 bits per heavy atom. The topological polar surface area (TPSA) is 41.1 Å². The highest BCUT2D eigenvalue weighted by Crippen LogP contribution is 2.18. The van der Waals surface area contributed by atoms with E-state index in [2.05, 4.69) is 26.6 Å². The molecule has 104 valence electrons. The standard InChI is InChI=1S/C15H21BrN2O/c1-11(13-3-5-14(16)6-4-13)18-15(19)7-2-12-8-9-17-10-12/h3-6,11-12,17H,2,7-10H2,1H3,(H,18,19)/t11-,12?/m1/s1. The highest BCUT2D eigenvalue weighted by atomic mass is 79.9. The fraction of sp³-hybridized carbons (Fsp3) is 0.533. The summed E-state index contributed by atoms with van der Waals surface area (Å²) in [5, 5.41) is 6.40. The van der Waals surface area contributed by atoms with Crippen molar-refractivity contribution >= 4 is 21.8 Å². The number of hydrogen-bond acceptors (Lipinski definition) is 2. The van der Waals surface area contributed by atoms with Gasteiger partial charge in [0.1, 0.15) is 0 Å². The molecule has 19 heavy (non-hydrogen) atoms. The largest absolute Gasteiger partial charge is 0.350 e. The molecule has 1 aromatic carbocycles. The van der Waals surface area contributed by atoms with Crippen molar-refractivity contribution in [2.45, 2.75) is 32.2 Å². The molecular formula is C15H21BrN2O. The molecule has 1 heterocycles. The van der Waals surface area contributed by atoms with E-state index < -0.39 is 0 Å². The number of carbonyl (C=O) groups excluding carboxylic acids is 1. The molecular weight excluding hydrogens is 304 g/mol. The van der Waals surface area contributed by atoms with E-state index >= 15 is 0 Å². The van der Waals surface area contributed by atoms with Crippen molar-refractivity contribution in [3.63, 3.8) is 0 Å². The van der Waals surface area contributed by atoms with Crippen LogP contribution in [0, 0.1) is 5.92 Å². The molecule has 0 aliphatic carbocycles. The summed E-state index contributed by atoms with van der Waals surface area (Å²) in [5.41, 5.74) is 1.14. The Hall–Kier alpha value is -0.870. The number of halogens is 1. The first-order valence-corrected chi connectivity index (χ1v) is 7.70. The second kappa shape index (κ2) is 7.06. The number of nitrogens with one attached hydrogen (secondary N) is 2. The second-order valence-corrected chi connectivity index (χ2v) is 6.15. The van der Waals surface area contributed by atoms with E-state index in [1.54, 1.807) is 0 Å². The Labute approximate surface area is 123 Å². The number of carbonyl (C=O) groups is 1. The van der Waals surface area contributed by atoms with E-state index in [0.717, 1.165) is 29.5 Å². The molecule has 0 aromatic heterocycles. The van der Waals surface area contributed by atoms with Crippen LogP contribution in [0.5, 0.6) is 0 Å². The summed E-state index contributed by atoms with van der Waals surface area (Å²) in [6.07, 6.45) is 2.83. The van der Waals surface area contributed by atoms with Crippen LogP contribution in [0.4, 0.5) is 0 Å². The van der Waals surface area contributed by atoms with Crippen LogP contribution in [0.3, 0.4) is 0 Å². The number of amides is 1. The first-order valence-electron chi connectivity index (χ1n) is 6.90. The van der Waals surface area contributed by atoms with Gasteiger partial charge in [-0.15, -0.1) is 0 Å². The number of rotatable bonds is 5. The molecule has 4 heteroatoms. The first-order chi connectivity index (χ1) is 9.15. The van der Waals surface area contributed by atoms with Gasteiger partial charge in [0.15, 0.2) is 0 Å². The lowest BCUT2D eigenvalue weighted by Gasteiger charge is -2.15. The Bertz CT molecular complexity index is 413. The minimum atomic E-state index is 0.0716. The van der Waals surface area contributed by atoms with Gasteiger partial charge in [-0.1, -0.05) is 28.1 Å². The lowest BCUT2D eigenvalue weighted by molar-refractivity contribution is -0.122. The molecule has 0 bridgehead atoms. The molecule has 1 saturated heterocycles. The van der Waals surface area contributed by atoms with Gasteiger partial charge in [0.25, 0.3) is 0 Å². The van der Waals surface area contributed by atoms with Gasteiger partial charge in [-0.2, -0.15) is 0 Å². The maximum atomic E-state index is 11.9. The van der Waals surface area contributed by atoms with Gasteiger partial charge in [-0.3, -0.25) is 4.79 Å². The van der Waals surface area contributed by atoms with Gasteiger partial charge in [-0.25, -0.2) is 0 Å². The fourth-order valence-electron chi connectivity index (χ4n) is 2.44.